The molecule has 0 aliphatic carbocycles. The van der Waals surface area contributed by atoms with Crippen LogP contribution in [0, 0.1) is 5.41 Å². The summed E-state index contributed by atoms with van der Waals surface area (Å²) in [5, 5.41) is 7.45. The van der Waals surface area contributed by atoms with E-state index in [9.17, 15) is 9.59 Å². The number of methoxy groups -OCH3 is 1. The molecule has 2 aromatic rings. The van der Waals surface area contributed by atoms with Crippen LogP contribution in [0.15, 0.2) is 48.5 Å². The van der Waals surface area contributed by atoms with Crippen molar-refractivity contribution >= 4 is 35.9 Å². The van der Waals surface area contributed by atoms with Gasteiger partial charge in [-0.3, -0.25) is 15.1 Å². The third kappa shape index (κ3) is 4.61. The zero-order valence-electron chi connectivity index (χ0n) is 15.6. The largest absolute Gasteiger partial charge is 0.468 e. The van der Waals surface area contributed by atoms with E-state index < -0.39 is 5.97 Å². The van der Waals surface area contributed by atoms with Crippen molar-refractivity contribution in [2.24, 2.45) is 5.73 Å². The van der Waals surface area contributed by atoms with Gasteiger partial charge in [0.1, 0.15) is 12.4 Å². The van der Waals surface area contributed by atoms with Gasteiger partial charge < -0.3 is 15.4 Å². The third-order valence-electron chi connectivity index (χ3n) is 4.57. The molecule has 28 heavy (non-hydrogen) atoms. The molecule has 1 fully saturated rings. The highest BCUT2D eigenvalue weighted by molar-refractivity contribution is 5.96. The van der Waals surface area contributed by atoms with E-state index in [4.69, 9.17) is 11.1 Å². The number of urea groups is 1. The second kappa shape index (κ2) is 9.23. The zero-order valence-corrected chi connectivity index (χ0v) is 16.4. The Hall–Kier alpha value is -3.06. The lowest BCUT2D eigenvalue weighted by Crippen LogP contribution is -2.51. The predicted octanol–water partition coefficient (Wildman–Crippen LogP) is 2.86. The minimum atomic E-state index is -0.422. The number of ether oxygens (including phenoxy) is 1. The number of carbonyl (C=O) groups excluding carboxylic acids is 2. The first-order valence-corrected chi connectivity index (χ1v) is 8.68. The van der Waals surface area contributed by atoms with Gasteiger partial charge in [0, 0.05) is 24.3 Å². The van der Waals surface area contributed by atoms with Crippen LogP contribution in [0.1, 0.15) is 12.0 Å². The minimum Gasteiger partial charge on any atom is -0.468 e. The Labute approximate surface area is 170 Å². The average Bonchev–Trinajstić information content (AvgIpc) is 2.69. The third-order valence-corrected chi connectivity index (χ3v) is 4.57. The lowest BCUT2D eigenvalue weighted by molar-refractivity contribution is -0.141. The molecule has 3 rings (SSSR count). The molecular formula is C20H23ClN4O3. The van der Waals surface area contributed by atoms with Crippen LogP contribution < -0.4 is 10.6 Å². The van der Waals surface area contributed by atoms with Crippen molar-refractivity contribution < 1.29 is 14.3 Å². The highest BCUT2D eigenvalue weighted by Gasteiger charge is 2.28. The van der Waals surface area contributed by atoms with Crippen molar-refractivity contribution in [2.45, 2.75) is 6.42 Å². The van der Waals surface area contributed by atoms with Crippen LogP contribution in [-0.4, -0.2) is 49.5 Å². The van der Waals surface area contributed by atoms with Crippen LogP contribution in [0.25, 0.3) is 11.1 Å². The number of hydrogen-bond donors (Lipinski definition) is 2. The van der Waals surface area contributed by atoms with E-state index >= 15 is 0 Å². The topological polar surface area (TPSA) is 99.7 Å². The lowest BCUT2D eigenvalue weighted by atomic mass is 10.0. The molecule has 0 radical (unpaired) electrons. The molecule has 0 aromatic heterocycles. The van der Waals surface area contributed by atoms with E-state index in [1.54, 1.807) is 4.90 Å². The van der Waals surface area contributed by atoms with E-state index in [0.717, 1.165) is 23.2 Å². The number of amidine groups is 1. The second-order valence-corrected chi connectivity index (χ2v) is 6.32. The number of esters is 1. The lowest BCUT2D eigenvalue weighted by Gasteiger charge is -2.35. The van der Waals surface area contributed by atoms with Gasteiger partial charge >= 0.3 is 12.0 Å². The molecule has 148 valence electrons. The van der Waals surface area contributed by atoms with Crippen molar-refractivity contribution in [3.8, 4) is 11.1 Å². The molecule has 0 spiro atoms. The van der Waals surface area contributed by atoms with Crippen LogP contribution in [0.4, 0.5) is 10.5 Å². The van der Waals surface area contributed by atoms with Crippen LogP contribution in [-0.2, 0) is 9.53 Å². The van der Waals surface area contributed by atoms with Gasteiger partial charge in [-0.1, -0.05) is 36.4 Å². The van der Waals surface area contributed by atoms with E-state index in [0.29, 0.717) is 18.7 Å². The number of anilines is 1. The number of hydrogen-bond acceptors (Lipinski definition) is 4. The van der Waals surface area contributed by atoms with Crippen molar-refractivity contribution in [2.75, 3.05) is 31.6 Å². The van der Waals surface area contributed by atoms with Crippen molar-refractivity contribution in [1.82, 2.24) is 4.90 Å². The quantitative estimate of drug-likeness (QED) is 0.456. The Morgan fingerprint density at radius 2 is 1.64 bits per heavy atom. The first-order chi connectivity index (χ1) is 13.0. The number of benzene rings is 2. The number of nitrogens with two attached hydrogens (primary N) is 1. The van der Waals surface area contributed by atoms with E-state index in [-0.39, 0.29) is 30.8 Å². The number of nitrogens with one attached hydrogen (secondary N) is 1. The monoisotopic (exact) mass is 402 g/mol. The first-order valence-electron chi connectivity index (χ1n) is 8.68. The minimum absolute atomic E-state index is 0. The molecule has 1 aliphatic rings. The highest BCUT2D eigenvalue weighted by Crippen LogP contribution is 2.25. The van der Waals surface area contributed by atoms with Gasteiger partial charge in [-0.25, -0.2) is 4.79 Å². The molecule has 7 nitrogen and oxygen atoms in total. The van der Waals surface area contributed by atoms with Gasteiger partial charge in [0.25, 0.3) is 0 Å². The molecule has 1 aliphatic heterocycles. The molecule has 3 N–H and O–H groups in total. The molecule has 0 bridgehead atoms. The second-order valence-electron chi connectivity index (χ2n) is 6.32. The Bertz CT molecular complexity index is 853. The summed E-state index contributed by atoms with van der Waals surface area (Å²) in [6, 6.07) is 14.9. The number of nitrogen functional groups attached to an aromatic ring is 1. The van der Waals surface area contributed by atoms with Gasteiger partial charge in [-0.2, -0.15) is 0 Å². The molecule has 2 amide bonds. The van der Waals surface area contributed by atoms with Gasteiger partial charge in [0.2, 0.25) is 0 Å². The summed E-state index contributed by atoms with van der Waals surface area (Å²) in [7, 11) is 1.32. The SMILES string of the molecule is COC(=O)CN1CCCN(c2ccc(-c3ccc(C(=N)N)cc3)cc2)C1=O.Cl. The highest BCUT2D eigenvalue weighted by atomic mass is 35.5. The fraction of sp³-hybridized carbons (Fsp3) is 0.250. The maximum Gasteiger partial charge on any atom is 0.325 e. The van der Waals surface area contributed by atoms with Crippen LogP contribution >= 0.6 is 12.4 Å². The van der Waals surface area contributed by atoms with Gasteiger partial charge in [0.05, 0.1) is 7.11 Å². The van der Waals surface area contributed by atoms with E-state index in [2.05, 4.69) is 4.74 Å². The Balaban J connectivity index is 0.00000280. The standard InChI is InChI=1S/C20H22N4O3.ClH/c1-27-18(25)13-23-11-2-12-24(20(23)26)17-9-7-15(8-10-17)14-3-5-16(6-4-14)19(21)22;/h3-10H,2,11-13H2,1H3,(H3,21,22);1H. The van der Waals surface area contributed by atoms with Crippen molar-refractivity contribution in [3.63, 3.8) is 0 Å². The van der Waals surface area contributed by atoms with Crippen molar-refractivity contribution in [3.05, 3.63) is 54.1 Å². The van der Waals surface area contributed by atoms with Crippen LogP contribution in [0.3, 0.4) is 0 Å². The molecule has 1 heterocycles. The maximum atomic E-state index is 12.6. The summed E-state index contributed by atoms with van der Waals surface area (Å²) in [5.74, 6) is -0.383. The Kier molecular flexibility index (Phi) is 7.00. The molecule has 0 atom stereocenters. The summed E-state index contributed by atoms with van der Waals surface area (Å²) in [6.07, 6.45) is 0.789. The fourth-order valence-electron chi connectivity index (χ4n) is 3.06. The summed E-state index contributed by atoms with van der Waals surface area (Å²) in [6.45, 7) is 1.13. The summed E-state index contributed by atoms with van der Waals surface area (Å²) in [4.78, 5) is 27.3. The molecule has 2 aromatic carbocycles. The molecule has 1 saturated heterocycles. The zero-order chi connectivity index (χ0) is 19.4. The first kappa shape index (κ1) is 21.2. The Morgan fingerprint density at radius 3 is 2.18 bits per heavy atom. The van der Waals surface area contributed by atoms with Gasteiger partial charge in [-0.15, -0.1) is 12.4 Å². The number of halogens is 1. The van der Waals surface area contributed by atoms with Crippen molar-refractivity contribution in [1.29, 1.82) is 5.41 Å². The molecule has 8 heteroatoms. The molecule has 0 saturated carbocycles. The summed E-state index contributed by atoms with van der Waals surface area (Å²) in [5.41, 5.74) is 8.96. The average molecular weight is 403 g/mol. The van der Waals surface area contributed by atoms with E-state index in [1.807, 2.05) is 48.5 Å². The van der Waals surface area contributed by atoms with E-state index in [1.165, 1.54) is 12.0 Å². The van der Waals surface area contributed by atoms with Crippen LogP contribution in [0.5, 0.6) is 0 Å². The molecule has 0 unspecified atom stereocenters. The normalized spacial score (nSPS) is 13.7. The molecular weight excluding hydrogens is 380 g/mol. The number of nitrogens with zero attached hydrogens (tertiary/aromatic N) is 2. The Morgan fingerprint density at radius 1 is 1.07 bits per heavy atom. The summed E-state index contributed by atoms with van der Waals surface area (Å²) < 4.78 is 4.66. The van der Waals surface area contributed by atoms with Gasteiger partial charge in [-0.05, 0) is 29.7 Å². The smallest absolute Gasteiger partial charge is 0.325 e. The summed E-state index contributed by atoms with van der Waals surface area (Å²) >= 11 is 0. The number of carbonyl (C=O) groups is 2. The predicted molar refractivity (Wildman–Crippen MR) is 111 cm³/mol. The number of amides is 2. The number of rotatable bonds is 5. The van der Waals surface area contributed by atoms with Crippen LogP contribution in [0.2, 0.25) is 0 Å². The maximum absolute atomic E-state index is 12.6. The van der Waals surface area contributed by atoms with Gasteiger partial charge in [0.15, 0.2) is 0 Å². The fourth-order valence-corrected chi connectivity index (χ4v) is 3.06.